The number of benzene rings is 2. The predicted molar refractivity (Wildman–Crippen MR) is 88.8 cm³/mol. The van der Waals surface area contributed by atoms with Crippen molar-refractivity contribution in [3.63, 3.8) is 0 Å². The summed E-state index contributed by atoms with van der Waals surface area (Å²) in [5.74, 6) is 1.22. The van der Waals surface area contributed by atoms with Gasteiger partial charge in [-0.25, -0.2) is 10.2 Å². The smallest absolute Gasteiger partial charge is 0.332 e. The first-order valence-corrected chi connectivity index (χ1v) is 7.03. The van der Waals surface area contributed by atoms with Crippen LogP contribution < -0.4 is 20.6 Å². The maximum absolute atomic E-state index is 10.6. The summed E-state index contributed by atoms with van der Waals surface area (Å²) in [5.41, 5.74) is 10.1. The van der Waals surface area contributed by atoms with Gasteiger partial charge in [0.05, 0.1) is 13.3 Å². The molecular formula is C17H19N3O3. The second-order valence-electron chi connectivity index (χ2n) is 4.92. The number of amides is 2. The molecule has 2 amide bonds. The van der Waals surface area contributed by atoms with Crippen LogP contribution in [0.1, 0.15) is 16.7 Å². The Hall–Kier alpha value is -3.02. The van der Waals surface area contributed by atoms with Crippen LogP contribution in [0.5, 0.6) is 11.5 Å². The van der Waals surface area contributed by atoms with Crippen LogP contribution in [0.3, 0.4) is 0 Å². The van der Waals surface area contributed by atoms with E-state index in [1.54, 1.807) is 25.3 Å². The van der Waals surface area contributed by atoms with Crippen molar-refractivity contribution in [1.82, 2.24) is 5.43 Å². The molecule has 0 radical (unpaired) electrons. The molecule has 6 nitrogen and oxygen atoms in total. The molecule has 0 unspecified atom stereocenters. The molecule has 2 rings (SSSR count). The monoisotopic (exact) mass is 313 g/mol. The van der Waals surface area contributed by atoms with Crippen LogP contribution in [-0.2, 0) is 6.61 Å². The number of methoxy groups -OCH3 is 1. The lowest BCUT2D eigenvalue weighted by Crippen LogP contribution is -2.24. The molecule has 0 saturated heterocycles. The molecule has 120 valence electrons. The zero-order chi connectivity index (χ0) is 16.7. The highest BCUT2D eigenvalue weighted by atomic mass is 16.5. The fourth-order valence-electron chi connectivity index (χ4n) is 1.90. The maximum atomic E-state index is 10.6. The lowest BCUT2D eigenvalue weighted by molar-refractivity contribution is 0.249. The molecule has 2 aromatic carbocycles. The van der Waals surface area contributed by atoms with E-state index in [4.69, 9.17) is 15.2 Å². The zero-order valence-electron chi connectivity index (χ0n) is 13.1. The average molecular weight is 313 g/mol. The van der Waals surface area contributed by atoms with Gasteiger partial charge in [0, 0.05) is 0 Å². The standard InChI is InChI=1S/C17H19N3O3/c1-12-3-5-13(6-4-12)11-23-15-8-7-14(9-16(15)22-2)10-19-20-17(18)21/h3-10H,11H2,1-2H3,(H3,18,20,21)/b19-10+. The van der Waals surface area contributed by atoms with Gasteiger partial charge in [-0.15, -0.1) is 0 Å². The Morgan fingerprint density at radius 1 is 1.22 bits per heavy atom. The number of ether oxygens (including phenoxy) is 2. The van der Waals surface area contributed by atoms with Crippen LogP contribution in [0.15, 0.2) is 47.6 Å². The fraction of sp³-hybridized carbons (Fsp3) is 0.176. The number of rotatable bonds is 6. The van der Waals surface area contributed by atoms with E-state index in [1.165, 1.54) is 11.8 Å². The first-order chi connectivity index (χ1) is 11.1. The molecule has 0 aliphatic heterocycles. The number of hydrazone groups is 1. The van der Waals surface area contributed by atoms with Crippen LogP contribution in [0.2, 0.25) is 0 Å². The molecule has 0 fully saturated rings. The summed E-state index contributed by atoms with van der Waals surface area (Å²) in [6.07, 6.45) is 1.47. The van der Waals surface area contributed by atoms with Gasteiger partial charge in [-0.1, -0.05) is 29.8 Å². The third kappa shape index (κ3) is 5.03. The van der Waals surface area contributed by atoms with Gasteiger partial charge >= 0.3 is 6.03 Å². The maximum Gasteiger partial charge on any atom is 0.332 e. The molecule has 0 heterocycles. The molecule has 0 aromatic heterocycles. The number of carbonyl (C=O) groups excluding carboxylic acids is 1. The molecule has 2 aromatic rings. The van der Waals surface area contributed by atoms with Gasteiger partial charge in [0.1, 0.15) is 6.61 Å². The second-order valence-corrected chi connectivity index (χ2v) is 4.92. The van der Waals surface area contributed by atoms with Crippen LogP contribution in [-0.4, -0.2) is 19.4 Å². The van der Waals surface area contributed by atoms with Crippen LogP contribution >= 0.6 is 0 Å². The number of aryl methyl sites for hydroxylation is 1. The Morgan fingerprint density at radius 2 is 1.96 bits per heavy atom. The molecule has 0 atom stereocenters. The summed E-state index contributed by atoms with van der Waals surface area (Å²) < 4.78 is 11.1. The first kappa shape index (κ1) is 16.4. The van der Waals surface area contributed by atoms with Crippen molar-refractivity contribution in [2.75, 3.05) is 7.11 Å². The molecule has 23 heavy (non-hydrogen) atoms. The molecular weight excluding hydrogens is 294 g/mol. The van der Waals surface area contributed by atoms with E-state index in [9.17, 15) is 4.79 Å². The minimum Gasteiger partial charge on any atom is -0.493 e. The highest BCUT2D eigenvalue weighted by molar-refractivity contribution is 5.82. The van der Waals surface area contributed by atoms with E-state index < -0.39 is 6.03 Å². The van der Waals surface area contributed by atoms with Crippen LogP contribution in [0.25, 0.3) is 0 Å². The number of hydrogen-bond donors (Lipinski definition) is 2. The Morgan fingerprint density at radius 3 is 2.61 bits per heavy atom. The third-order valence-corrected chi connectivity index (χ3v) is 3.09. The number of nitrogens with two attached hydrogens (primary N) is 1. The van der Waals surface area contributed by atoms with Crippen molar-refractivity contribution >= 4 is 12.2 Å². The number of hydrogen-bond acceptors (Lipinski definition) is 4. The van der Waals surface area contributed by atoms with Gasteiger partial charge in [0.15, 0.2) is 11.5 Å². The van der Waals surface area contributed by atoms with Gasteiger partial charge in [0.25, 0.3) is 0 Å². The largest absolute Gasteiger partial charge is 0.493 e. The Balaban J connectivity index is 2.05. The van der Waals surface area contributed by atoms with Crippen molar-refractivity contribution in [1.29, 1.82) is 0 Å². The quantitative estimate of drug-likeness (QED) is 0.635. The summed E-state index contributed by atoms with van der Waals surface area (Å²) in [6.45, 7) is 2.49. The van der Waals surface area contributed by atoms with E-state index in [1.807, 2.05) is 31.2 Å². The lowest BCUT2D eigenvalue weighted by atomic mass is 10.2. The van der Waals surface area contributed by atoms with Gasteiger partial charge < -0.3 is 15.2 Å². The molecule has 0 bridgehead atoms. The topological polar surface area (TPSA) is 85.9 Å². The van der Waals surface area contributed by atoms with E-state index >= 15 is 0 Å². The molecule has 0 saturated carbocycles. The SMILES string of the molecule is COc1cc(/C=N/NC(N)=O)ccc1OCc1ccc(C)cc1. The Kier molecular flexibility index (Phi) is 5.57. The Labute approximate surface area is 134 Å². The first-order valence-electron chi connectivity index (χ1n) is 7.03. The number of urea groups is 1. The number of nitrogens with one attached hydrogen (secondary N) is 1. The number of nitrogens with zero attached hydrogens (tertiary/aromatic N) is 1. The molecule has 0 aliphatic carbocycles. The van der Waals surface area contributed by atoms with Crippen molar-refractivity contribution in [3.05, 3.63) is 59.2 Å². The normalized spacial score (nSPS) is 10.5. The van der Waals surface area contributed by atoms with Crippen molar-refractivity contribution in [3.8, 4) is 11.5 Å². The number of carbonyl (C=O) groups is 1. The van der Waals surface area contributed by atoms with Gasteiger partial charge in [-0.2, -0.15) is 5.10 Å². The summed E-state index contributed by atoms with van der Waals surface area (Å²) in [4.78, 5) is 10.6. The number of primary amides is 1. The van der Waals surface area contributed by atoms with E-state index in [0.29, 0.717) is 18.1 Å². The highest BCUT2D eigenvalue weighted by Gasteiger charge is 2.05. The summed E-state index contributed by atoms with van der Waals surface area (Å²) >= 11 is 0. The van der Waals surface area contributed by atoms with Crippen LogP contribution in [0, 0.1) is 6.92 Å². The predicted octanol–water partition coefficient (Wildman–Crippen LogP) is 2.58. The van der Waals surface area contributed by atoms with Crippen molar-refractivity contribution in [2.45, 2.75) is 13.5 Å². The fourth-order valence-corrected chi connectivity index (χ4v) is 1.90. The van der Waals surface area contributed by atoms with Crippen molar-refractivity contribution < 1.29 is 14.3 Å². The van der Waals surface area contributed by atoms with Crippen molar-refractivity contribution in [2.24, 2.45) is 10.8 Å². The summed E-state index contributed by atoms with van der Waals surface area (Å²) in [5, 5.41) is 3.70. The molecule has 3 N–H and O–H groups in total. The van der Waals surface area contributed by atoms with Gasteiger partial charge in [0.2, 0.25) is 0 Å². The van der Waals surface area contributed by atoms with E-state index in [-0.39, 0.29) is 0 Å². The average Bonchev–Trinajstić information content (AvgIpc) is 2.54. The third-order valence-electron chi connectivity index (χ3n) is 3.09. The second kappa shape index (κ2) is 7.84. The van der Waals surface area contributed by atoms with Crippen LogP contribution in [0.4, 0.5) is 4.79 Å². The molecule has 0 spiro atoms. The van der Waals surface area contributed by atoms with Gasteiger partial charge in [-0.05, 0) is 36.2 Å². The summed E-state index contributed by atoms with van der Waals surface area (Å²) in [6, 6.07) is 12.8. The molecule has 6 heteroatoms. The van der Waals surface area contributed by atoms with E-state index in [2.05, 4.69) is 10.5 Å². The zero-order valence-corrected chi connectivity index (χ0v) is 13.1. The minimum atomic E-state index is -0.716. The Bertz CT molecular complexity index is 697. The highest BCUT2D eigenvalue weighted by Crippen LogP contribution is 2.28. The molecule has 0 aliphatic rings. The van der Waals surface area contributed by atoms with E-state index in [0.717, 1.165) is 11.1 Å². The summed E-state index contributed by atoms with van der Waals surface area (Å²) in [7, 11) is 1.57. The lowest BCUT2D eigenvalue weighted by Gasteiger charge is -2.11. The minimum absolute atomic E-state index is 0.452. The van der Waals surface area contributed by atoms with Gasteiger partial charge in [-0.3, -0.25) is 0 Å².